The number of rotatable bonds is 7. The highest BCUT2D eigenvalue weighted by molar-refractivity contribution is 5.83. The molecular weight excluding hydrogens is 286 g/mol. The smallest absolute Gasteiger partial charge is 0.221 e. The highest BCUT2D eigenvalue weighted by atomic mass is 16.1. The molecule has 1 aromatic heterocycles. The van der Waals surface area contributed by atoms with Crippen LogP contribution in [0, 0.1) is 17.2 Å². The molecule has 0 aliphatic rings. The molecule has 1 heterocycles. The molecule has 0 aliphatic heterocycles. The summed E-state index contributed by atoms with van der Waals surface area (Å²) in [5.41, 5.74) is 1.59. The zero-order valence-electron chi connectivity index (χ0n) is 14.1. The summed E-state index contributed by atoms with van der Waals surface area (Å²) in [6.07, 6.45) is 4.75. The molecule has 23 heavy (non-hydrogen) atoms. The van der Waals surface area contributed by atoms with Crippen molar-refractivity contribution in [1.29, 1.82) is 5.26 Å². The van der Waals surface area contributed by atoms with E-state index in [-0.39, 0.29) is 5.91 Å². The van der Waals surface area contributed by atoms with Crippen molar-refractivity contribution >= 4 is 16.8 Å². The van der Waals surface area contributed by atoms with Gasteiger partial charge in [0.2, 0.25) is 5.91 Å². The summed E-state index contributed by atoms with van der Waals surface area (Å²) >= 11 is 0. The predicted molar refractivity (Wildman–Crippen MR) is 92.9 cm³/mol. The Morgan fingerprint density at radius 3 is 2.83 bits per heavy atom. The van der Waals surface area contributed by atoms with E-state index in [9.17, 15) is 10.1 Å². The van der Waals surface area contributed by atoms with Crippen LogP contribution in [0.1, 0.15) is 45.6 Å². The number of carbonyl (C=O) groups is 1. The standard InChI is InChI=1S/C19H25N3O/c1-14(2)11-19(3,13-20)22-18(23)10-6-7-15-12-21-17-9-5-4-8-16(15)17/h4-5,8-9,12,14,21H,6-7,10-11H2,1-3H3,(H,22,23). The van der Waals surface area contributed by atoms with Crippen molar-refractivity contribution in [3.8, 4) is 6.07 Å². The number of aryl methyl sites for hydroxylation is 1. The number of benzene rings is 1. The number of amides is 1. The van der Waals surface area contributed by atoms with Gasteiger partial charge in [0.15, 0.2) is 0 Å². The summed E-state index contributed by atoms with van der Waals surface area (Å²) in [7, 11) is 0. The molecule has 1 aromatic carbocycles. The number of aromatic nitrogens is 1. The number of hydrogen-bond acceptors (Lipinski definition) is 2. The van der Waals surface area contributed by atoms with E-state index in [4.69, 9.17) is 0 Å². The van der Waals surface area contributed by atoms with E-state index < -0.39 is 5.54 Å². The monoisotopic (exact) mass is 311 g/mol. The van der Waals surface area contributed by atoms with Crippen molar-refractivity contribution in [2.24, 2.45) is 5.92 Å². The number of H-pyrrole nitrogens is 1. The maximum Gasteiger partial charge on any atom is 0.221 e. The molecule has 0 fully saturated rings. The molecule has 1 atom stereocenters. The first-order valence-electron chi connectivity index (χ1n) is 8.21. The van der Waals surface area contributed by atoms with Gasteiger partial charge in [-0.25, -0.2) is 0 Å². The van der Waals surface area contributed by atoms with Crippen LogP contribution >= 0.6 is 0 Å². The first-order chi connectivity index (χ1) is 10.9. The number of fused-ring (bicyclic) bond motifs is 1. The van der Waals surface area contributed by atoms with E-state index in [1.165, 1.54) is 10.9 Å². The molecule has 0 saturated carbocycles. The number of carbonyl (C=O) groups excluding carboxylic acids is 1. The van der Waals surface area contributed by atoms with Gasteiger partial charge in [0.05, 0.1) is 6.07 Å². The van der Waals surface area contributed by atoms with Gasteiger partial charge in [0.1, 0.15) is 5.54 Å². The lowest BCUT2D eigenvalue weighted by Crippen LogP contribution is -2.45. The summed E-state index contributed by atoms with van der Waals surface area (Å²) in [6.45, 7) is 5.90. The van der Waals surface area contributed by atoms with E-state index in [1.807, 2.05) is 18.3 Å². The van der Waals surface area contributed by atoms with Gasteiger partial charge in [-0.3, -0.25) is 4.79 Å². The number of aromatic amines is 1. The minimum absolute atomic E-state index is 0.0467. The Morgan fingerprint density at radius 1 is 1.39 bits per heavy atom. The second kappa shape index (κ2) is 7.32. The fraction of sp³-hybridized carbons (Fsp3) is 0.474. The number of nitrogens with one attached hydrogen (secondary N) is 2. The summed E-state index contributed by atoms with van der Waals surface area (Å²) in [6, 6.07) is 10.4. The van der Waals surface area contributed by atoms with Crippen LogP contribution in [0.15, 0.2) is 30.5 Å². The maximum atomic E-state index is 12.1. The van der Waals surface area contributed by atoms with Crippen molar-refractivity contribution in [1.82, 2.24) is 10.3 Å². The van der Waals surface area contributed by atoms with Crippen molar-refractivity contribution in [3.63, 3.8) is 0 Å². The van der Waals surface area contributed by atoms with Gasteiger partial charge in [-0.15, -0.1) is 0 Å². The second-order valence-electron chi connectivity index (χ2n) is 6.80. The lowest BCUT2D eigenvalue weighted by atomic mass is 9.92. The highest BCUT2D eigenvalue weighted by Crippen LogP contribution is 2.20. The summed E-state index contributed by atoms with van der Waals surface area (Å²) in [5, 5.41) is 13.4. The van der Waals surface area contributed by atoms with Crippen LogP contribution in [0.3, 0.4) is 0 Å². The zero-order chi connectivity index (χ0) is 16.9. The third-order valence-electron chi connectivity index (χ3n) is 4.00. The van der Waals surface area contributed by atoms with E-state index >= 15 is 0 Å². The van der Waals surface area contributed by atoms with Gasteiger partial charge in [0.25, 0.3) is 0 Å². The average Bonchev–Trinajstić information content (AvgIpc) is 2.90. The topological polar surface area (TPSA) is 68.7 Å². The molecule has 0 radical (unpaired) electrons. The van der Waals surface area contributed by atoms with E-state index in [0.717, 1.165) is 18.4 Å². The molecule has 122 valence electrons. The number of para-hydroxylation sites is 1. The van der Waals surface area contributed by atoms with Crippen molar-refractivity contribution in [2.75, 3.05) is 0 Å². The van der Waals surface area contributed by atoms with Gasteiger partial charge >= 0.3 is 0 Å². The van der Waals surface area contributed by atoms with Crippen LogP contribution in [0.2, 0.25) is 0 Å². The first kappa shape index (κ1) is 17.1. The van der Waals surface area contributed by atoms with Crippen molar-refractivity contribution in [3.05, 3.63) is 36.0 Å². The van der Waals surface area contributed by atoms with Gasteiger partial charge in [-0.05, 0) is 43.7 Å². The normalized spacial score (nSPS) is 13.7. The summed E-state index contributed by atoms with van der Waals surface area (Å²) in [4.78, 5) is 15.4. The van der Waals surface area contributed by atoms with Crippen LogP contribution in [-0.4, -0.2) is 16.4 Å². The lowest BCUT2D eigenvalue weighted by molar-refractivity contribution is -0.122. The summed E-state index contributed by atoms with van der Waals surface area (Å²) in [5.74, 6) is 0.320. The Bertz CT molecular complexity index is 711. The van der Waals surface area contributed by atoms with Crippen LogP contribution in [0.4, 0.5) is 0 Å². The lowest BCUT2D eigenvalue weighted by Gasteiger charge is -2.25. The summed E-state index contributed by atoms with van der Waals surface area (Å²) < 4.78 is 0. The van der Waals surface area contributed by atoms with Crippen LogP contribution in [-0.2, 0) is 11.2 Å². The van der Waals surface area contributed by atoms with Gasteiger partial charge < -0.3 is 10.3 Å². The maximum absolute atomic E-state index is 12.1. The fourth-order valence-corrected chi connectivity index (χ4v) is 3.09. The van der Waals surface area contributed by atoms with Crippen molar-refractivity contribution < 1.29 is 4.79 Å². The average molecular weight is 311 g/mol. The van der Waals surface area contributed by atoms with Crippen LogP contribution in [0.5, 0.6) is 0 Å². The zero-order valence-corrected chi connectivity index (χ0v) is 14.1. The van der Waals surface area contributed by atoms with Gasteiger partial charge in [0, 0.05) is 23.5 Å². The molecule has 0 bridgehead atoms. The van der Waals surface area contributed by atoms with Crippen LogP contribution in [0.25, 0.3) is 10.9 Å². The highest BCUT2D eigenvalue weighted by Gasteiger charge is 2.26. The quantitative estimate of drug-likeness (QED) is 0.813. The molecule has 1 amide bonds. The fourth-order valence-electron chi connectivity index (χ4n) is 3.09. The molecule has 2 N–H and O–H groups in total. The first-order valence-corrected chi connectivity index (χ1v) is 8.21. The Labute approximate surface area is 137 Å². The number of nitriles is 1. The molecule has 0 saturated heterocycles. The minimum Gasteiger partial charge on any atom is -0.361 e. The Kier molecular flexibility index (Phi) is 5.44. The molecule has 1 unspecified atom stereocenters. The Morgan fingerprint density at radius 2 is 2.13 bits per heavy atom. The molecule has 2 aromatic rings. The largest absolute Gasteiger partial charge is 0.361 e. The number of hydrogen-bond donors (Lipinski definition) is 2. The van der Waals surface area contributed by atoms with E-state index in [1.54, 1.807) is 6.92 Å². The molecular formula is C19H25N3O. The molecule has 4 heteroatoms. The molecule has 2 rings (SSSR count). The van der Waals surface area contributed by atoms with Gasteiger partial charge in [-0.2, -0.15) is 5.26 Å². The Hall–Kier alpha value is -2.28. The van der Waals surface area contributed by atoms with E-state index in [0.29, 0.717) is 18.8 Å². The van der Waals surface area contributed by atoms with Crippen LogP contribution < -0.4 is 5.32 Å². The van der Waals surface area contributed by atoms with Gasteiger partial charge in [-0.1, -0.05) is 32.0 Å². The third kappa shape index (κ3) is 4.59. The van der Waals surface area contributed by atoms with E-state index in [2.05, 4.69) is 42.4 Å². The molecule has 4 nitrogen and oxygen atoms in total. The second-order valence-corrected chi connectivity index (χ2v) is 6.80. The minimum atomic E-state index is -0.772. The predicted octanol–water partition coefficient (Wildman–Crippen LogP) is 3.94. The Balaban J connectivity index is 1.86. The number of nitrogens with zero attached hydrogens (tertiary/aromatic N) is 1. The molecule has 0 spiro atoms. The SMILES string of the molecule is CC(C)CC(C)(C#N)NC(=O)CCCc1c[nH]c2ccccc12. The van der Waals surface area contributed by atoms with Crippen molar-refractivity contribution in [2.45, 2.75) is 52.0 Å². The third-order valence-corrected chi connectivity index (χ3v) is 4.00. The molecule has 0 aliphatic carbocycles.